The van der Waals surface area contributed by atoms with E-state index in [4.69, 9.17) is 9.47 Å². The molecule has 0 bridgehead atoms. The van der Waals surface area contributed by atoms with E-state index in [0.29, 0.717) is 59.7 Å². The lowest BCUT2D eigenvalue weighted by Crippen LogP contribution is -2.62. The van der Waals surface area contributed by atoms with Gasteiger partial charge in [-0.15, -0.1) is 0 Å². The van der Waals surface area contributed by atoms with Crippen LogP contribution >= 0.6 is 0 Å². The fourth-order valence-electron chi connectivity index (χ4n) is 10.2. The van der Waals surface area contributed by atoms with Gasteiger partial charge in [-0.1, -0.05) is 51.1 Å². The number of benzene rings is 3. The Kier molecular flexibility index (Phi) is 15.6. The van der Waals surface area contributed by atoms with E-state index in [-0.39, 0.29) is 53.3 Å². The van der Waals surface area contributed by atoms with Crippen LogP contribution in [0.5, 0.6) is 17.4 Å². The van der Waals surface area contributed by atoms with Crippen molar-refractivity contribution in [1.82, 2.24) is 51.0 Å². The van der Waals surface area contributed by atoms with Crippen molar-refractivity contribution in [2.24, 2.45) is 11.3 Å². The number of H-pyrrole nitrogens is 1. The van der Waals surface area contributed by atoms with E-state index in [1.165, 1.54) is 18.2 Å². The quantitative estimate of drug-likeness (QED) is 0.0661. The van der Waals surface area contributed by atoms with Gasteiger partial charge in [0.05, 0.1) is 29.0 Å². The first-order valence-electron chi connectivity index (χ1n) is 26.6. The number of piperidine rings is 1. The van der Waals surface area contributed by atoms with Crippen LogP contribution in [0, 0.1) is 25.2 Å². The van der Waals surface area contributed by atoms with Crippen LogP contribution in [-0.2, 0) is 43.6 Å². The highest BCUT2D eigenvalue weighted by Gasteiger charge is 2.43. The van der Waals surface area contributed by atoms with Crippen LogP contribution in [0.1, 0.15) is 114 Å². The molecule has 1 saturated heterocycles. The number of aryl methyl sites for hydroxylation is 2. The van der Waals surface area contributed by atoms with Crippen LogP contribution < -0.4 is 35.6 Å². The number of aromatic nitrogens is 6. The molecule has 0 saturated carbocycles. The topological polar surface area (TPSA) is 239 Å². The van der Waals surface area contributed by atoms with Crippen molar-refractivity contribution >= 4 is 55.9 Å². The number of carbonyl (C=O) groups is 3. The summed E-state index contributed by atoms with van der Waals surface area (Å²) in [5, 5.41) is 20.4. The predicted octanol–water partition coefficient (Wildman–Crippen LogP) is 7.75. The zero-order chi connectivity index (χ0) is 55.0. The minimum Gasteiger partial charge on any atom is -0.492 e. The number of sulfone groups is 1. The third-order valence-electron chi connectivity index (χ3n) is 15.4. The zero-order valence-electron chi connectivity index (χ0n) is 45.8. The molecular weight excluding hydrogens is 997 g/mol. The summed E-state index contributed by atoms with van der Waals surface area (Å²) < 4.78 is 40.0. The Morgan fingerprint density at radius 3 is 2.34 bits per heavy atom. The highest BCUT2D eigenvalue weighted by atomic mass is 32.2. The van der Waals surface area contributed by atoms with Crippen LogP contribution in [-0.4, -0.2) is 111 Å². The normalized spacial score (nSPS) is 17.9. The second-order valence-electron chi connectivity index (χ2n) is 22.7. The van der Waals surface area contributed by atoms with Crippen molar-refractivity contribution in [2.75, 3.05) is 37.0 Å². The number of ether oxygens (including phenoxy) is 2. The molecule has 3 aromatic carbocycles. The number of aromatic amines is 1. The number of hydrogen-bond donors (Lipinski definition) is 5. The molecule has 3 unspecified atom stereocenters. The molecule has 5 N–H and O–H groups in total. The average Bonchev–Trinajstić information content (AvgIpc) is 3.74. The summed E-state index contributed by atoms with van der Waals surface area (Å²) in [7, 11) is -2.18. The lowest BCUT2D eigenvalue weighted by Gasteiger charge is -2.41. The first kappa shape index (κ1) is 54.6. The van der Waals surface area contributed by atoms with Gasteiger partial charge in [0.2, 0.25) is 23.6 Å². The molecule has 0 spiro atoms. The minimum atomic E-state index is -3.87. The van der Waals surface area contributed by atoms with Gasteiger partial charge in [0, 0.05) is 54.8 Å². The summed E-state index contributed by atoms with van der Waals surface area (Å²) in [5.74, 6) is 2.04. The van der Waals surface area contributed by atoms with E-state index in [2.05, 4.69) is 68.4 Å². The Morgan fingerprint density at radius 2 is 1.62 bits per heavy atom. The van der Waals surface area contributed by atoms with Crippen molar-refractivity contribution in [2.45, 2.75) is 141 Å². The average molecular weight is 1070 g/mol. The van der Waals surface area contributed by atoms with Gasteiger partial charge in [0.15, 0.2) is 15.7 Å². The number of hydrogen-bond acceptors (Lipinski definition) is 15. The standard InChI is InChI=1S/C57H72N12O7S/c1-33-34(2)66-67-51(33)65-52-42-26-47(77(73,74)57(7,8)9)46(27-44(42)59-31-62-52)75-30-36-20-22-68(23-21-36)48-28-49(61-32-60-48)76-40-19-18-38-25-45(54(71)63-43-17-13-15-37-14-11-12-16-41(37)43)69(29-39(38)24-40)55(72)50(56(4,5)6)64-53(70)35(3)58-10/h11-12,14,16,18-19,24,26-28,31-32,35-36,43,45,50,58H,13,15,17,20-23,25,29-30H2,1-10H3,(H,63,71)(H,64,70)(H2,59,62,65,66,67)/t35?,43-,45?,50?/m1/s1. The summed E-state index contributed by atoms with van der Waals surface area (Å²) in [6, 6.07) is 16.5. The summed E-state index contributed by atoms with van der Waals surface area (Å²) in [4.78, 5) is 64.6. The molecule has 5 heterocycles. The molecule has 4 atom stereocenters. The molecule has 3 amide bonds. The Bertz CT molecular complexity index is 3290. The van der Waals surface area contributed by atoms with E-state index in [0.717, 1.165) is 60.1 Å². The van der Waals surface area contributed by atoms with E-state index in [1.807, 2.05) is 65.0 Å². The fraction of sp³-hybridized carbons (Fsp3) is 0.474. The Morgan fingerprint density at radius 1 is 0.870 bits per heavy atom. The number of anilines is 3. The fourth-order valence-corrected chi connectivity index (χ4v) is 11.5. The van der Waals surface area contributed by atoms with Crippen molar-refractivity contribution in [1.29, 1.82) is 0 Å². The summed E-state index contributed by atoms with van der Waals surface area (Å²) in [6.07, 6.45) is 7.39. The lowest BCUT2D eigenvalue weighted by molar-refractivity contribution is -0.147. The van der Waals surface area contributed by atoms with E-state index >= 15 is 0 Å². The number of rotatable bonds is 15. The molecule has 2 aliphatic heterocycles. The smallest absolute Gasteiger partial charge is 0.246 e. The predicted molar refractivity (Wildman–Crippen MR) is 295 cm³/mol. The highest BCUT2D eigenvalue weighted by Crippen LogP contribution is 2.39. The van der Waals surface area contributed by atoms with E-state index in [1.54, 1.807) is 57.8 Å². The Labute approximate surface area is 451 Å². The maximum absolute atomic E-state index is 14.9. The first-order chi connectivity index (χ1) is 36.6. The van der Waals surface area contributed by atoms with Gasteiger partial charge < -0.3 is 40.5 Å². The lowest BCUT2D eigenvalue weighted by atomic mass is 9.83. The van der Waals surface area contributed by atoms with Crippen molar-refractivity contribution < 1.29 is 32.3 Å². The van der Waals surface area contributed by atoms with Gasteiger partial charge in [-0.25, -0.2) is 28.4 Å². The van der Waals surface area contributed by atoms with E-state index in [9.17, 15) is 22.8 Å². The molecule has 19 nitrogen and oxygen atoms in total. The maximum Gasteiger partial charge on any atom is 0.246 e. The number of fused-ring (bicyclic) bond motifs is 3. The molecule has 77 heavy (non-hydrogen) atoms. The molecule has 9 rings (SSSR count). The van der Waals surface area contributed by atoms with Gasteiger partial charge in [0.25, 0.3) is 0 Å². The first-order valence-corrected chi connectivity index (χ1v) is 28.1. The van der Waals surface area contributed by atoms with Gasteiger partial charge >= 0.3 is 0 Å². The molecule has 3 aromatic heterocycles. The Hall–Kier alpha value is -7.19. The second-order valence-corrected chi connectivity index (χ2v) is 25.4. The van der Waals surface area contributed by atoms with Crippen molar-refractivity contribution in [3.05, 3.63) is 107 Å². The molecule has 1 fully saturated rings. The maximum atomic E-state index is 14.9. The number of nitrogens with zero attached hydrogens (tertiary/aromatic N) is 7. The second kappa shape index (κ2) is 22.0. The van der Waals surface area contributed by atoms with Gasteiger partial charge in [-0.05, 0) is 132 Å². The van der Waals surface area contributed by atoms with Gasteiger partial charge in [0.1, 0.15) is 52.8 Å². The third-order valence-corrected chi connectivity index (χ3v) is 17.9. The minimum absolute atomic E-state index is 0.0730. The summed E-state index contributed by atoms with van der Waals surface area (Å²) in [6.45, 7) is 18.1. The van der Waals surface area contributed by atoms with Crippen LogP contribution in [0.4, 0.5) is 17.5 Å². The van der Waals surface area contributed by atoms with Crippen molar-refractivity contribution in [3.63, 3.8) is 0 Å². The molecule has 408 valence electrons. The van der Waals surface area contributed by atoms with Crippen LogP contribution in [0.2, 0.25) is 0 Å². The number of likely N-dealkylation sites (N-methyl/N-ethyl adjacent to an activating group) is 1. The van der Waals surface area contributed by atoms with E-state index < -0.39 is 38.1 Å². The molecular formula is C57H72N12O7S. The Balaban J connectivity index is 0.889. The molecule has 20 heteroatoms. The van der Waals surface area contributed by atoms with Crippen LogP contribution in [0.3, 0.4) is 0 Å². The summed E-state index contributed by atoms with van der Waals surface area (Å²) >= 11 is 0. The monoisotopic (exact) mass is 1070 g/mol. The van der Waals surface area contributed by atoms with Gasteiger partial charge in [-0.2, -0.15) is 5.10 Å². The third kappa shape index (κ3) is 11.7. The van der Waals surface area contributed by atoms with Crippen LogP contribution in [0.25, 0.3) is 10.9 Å². The largest absolute Gasteiger partial charge is 0.492 e. The summed E-state index contributed by atoms with van der Waals surface area (Å²) in [5.41, 5.74) is 5.73. The molecule has 1 aliphatic carbocycles. The van der Waals surface area contributed by atoms with Gasteiger partial charge in [-0.3, -0.25) is 19.5 Å². The number of carbonyl (C=O) groups excluding carboxylic acids is 3. The molecule has 6 aromatic rings. The SMILES string of the molecule is CNC(C)C(=O)NC(C(=O)N1Cc2cc(Oc3cc(N4CCC(COc5cc6ncnc(Nc7n[nH]c(C)c7C)c6cc5S(=O)(=O)C(C)(C)C)CC4)ncn3)ccc2CC1C(=O)N[C@@H]1CCCc2ccccc21)C(C)(C)C. The molecule has 3 aliphatic rings. The van der Waals surface area contributed by atoms with Crippen molar-refractivity contribution in [3.8, 4) is 17.4 Å². The number of nitrogens with one attached hydrogen (secondary N) is 5. The highest BCUT2D eigenvalue weighted by molar-refractivity contribution is 7.92. The zero-order valence-corrected chi connectivity index (χ0v) is 46.6. The number of amides is 3. The molecule has 0 radical (unpaired) electrons. The van der Waals surface area contributed by atoms with Crippen LogP contribution in [0.15, 0.2) is 78.2 Å².